The van der Waals surface area contributed by atoms with E-state index in [1.165, 1.54) is 4.90 Å². The van der Waals surface area contributed by atoms with Crippen LogP contribution in [0, 0.1) is 0 Å². The average Bonchev–Trinajstić information content (AvgIpc) is 2.27. The van der Waals surface area contributed by atoms with Crippen molar-refractivity contribution in [3.05, 3.63) is 35.4 Å². The predicted octanol–water partition coefficient (Wildman–Crippen LogP) is 2.92. The molecule has 0 spiro atoms. The summed E-state index contributed by atoms with van der Waals surface area (Å²) in [5.41, 5.74) is 7.34. The van der Waals surface area contributed by atoms with Gasteiger partial charge in [-0.15, -0.1) is 0 Å². The fourth-order valence-electron chi connectivity index (χ4n) is 1.78. The Kier molecular flexibility index (Phi) is 5.16. The number of hydrogen-bond acceptors (Lipinski definition) is 2. The molecule has 102 valence electrons. The highest BCUT2D eigenvalue weighted by molar-refractivity contribution is 5.26. The van der Waals surface area contributed by atoms with E-state index in [4.69, 9.17) is 5.73 Å². The molecule has 1 aromatic carbocycles. The van der Waals surface area contributed by atoms with Crippen molar-refractivity contribution in [3.63, 3.8) is 0 Å². The van der Waals surface area contributed by atoms with Gasteiger partial charge < -0.3 is 5.73 Å². The van der Waals surface area contributed by atoms with Gasteiger partial charge in [0.1, 0.15) is 0 Å². The summed E-state index contributed by atoms with van der Waals surface area (Å²) in [6, 6.07) is 7.17. The highest BCUT2D eigenvalue weighted by atomic mass is 19.4. The average molecular weight is 260 g/mol. The summed E-state index contributed by atoms with van der Waals surface area (Å²) in [7, 11) is 0. The third-order valence-corrected chi connectivity index (χ3v) is 2.82. The highest BCUT2D eigenvalue weighted by Crippen LogP contribution is 2.21. The molecule has 0 saturated carbocycles. The molecule has 0 aromatic heterocycles. The first-order valence-electron chi connectivity index (χ1n) is 5.91. The standard InChI is InChI=1S/C13H19F3N2/c1-10(2)18(9-13(14,15)16)8-12-6-4-3-5-11(12)7-17/h3-6,10H,7-9,17H2,1-2H3. The second kappa shape index (κ2) is 6.20. The van der Waals surface area contributed by atoms with Crippen LogP contribution in [-0.2, 0) is 13.1 Å². The number of nitrogens with zero attached hydrogens (tertiary/aromatic N) is 1. The maximum atomic E-state index is 12.5. The largest absolute Gasteiger partial charge is 0.401 e. The smallest absolute Gasteiger partial charge is 0.326 e. The minimum Gasteiger partial charge on any atom is -0.326 e. The molecule has 18 heavy (non-hydrogen) atoms. The Morgan fingerprint density at radius 2 is 1.72 bits per heavy atom. The van der Waals surface area contributed by atoms with Gasteiger partial charge in [0.2, 0.25) is 0 Å². The molecule has 0 unspecified atom stereocenters. The van der Waals surface area contributed by atoms with Gasteiger partial charge in [-0.3, -0.25) is 4.90 Å². The minimum absolute atomic E-state index is 0.169. The van der Waals surface area contributed by atoms with Crippen LogP contribution in [0.1, 0.15) is 25.0 Å². The van der Waals surface area contributed by atoms with E-state index in [-0.39, 0.29) is 12.6 Å². The van der Waals surface area contributed by atoms with Gasteiger partial charge in [-0.25, -0.2) is 0 Å². The van der Waals surface area contributed by atoms with E-state index in [2.05, 4.69) is 0 Å². The molecule has 1 aromatic rings. The van der Waals surface area contributed by atoms with Gasteiger partial charge in [-0.05, 0) is 25.0 Å². The summed E-state index contributed by atoms with van der Waals surface area (Å²) in [5.74, 6) is 0. The number of rotatable bonds is 5. The number of alkyl halides is 3. The molecule has 2 nitrogen and oxygen atoms in total. The normalized spacial score (nSPS) is 12.4. The highest BCUT2D eigenvalue weighted by Gasteiger charge is 2.31. The van der Waals surface area contributed by atoms with E-state index >= 15 is 0 Å². The third kappa shape index (κ3) is 4.66. The van der Waals surface area contributed by atoms with Crippen molar-refractivity contribution in [3.8, 4) is 0 Å². The Morgan fingerprint density at radius 3 is 2.17 bits per heavy atom. The summed E-state index contributed by atoms with van der Waals surface area (Å²) in [6.45, 7) is 3.23. The summed E-state index contributed by atoms with van der Waals surface area (Å²) in [6.07, 6.45) is -4.18. The molecule has 0 atom stereocenters. The molecule has 0 aliphatic heterocycles. The van der Waals surface area contributed by atoms with Crippen LogP contribution in [-0.4, -0.2) is 23.7 Å². The first-order valence-corrected chi connectivity index (χ1v) is 5.91. The van der Waals surface area contributed by atoms with Gasteiger partial charge in [0.25, 0.3) is 0 Å². The van der Waals surface area contributed by atoms with Crippen molar-refractivity contribution in [1.29, 1.82) is 0 Å². The molecule has 0 amide bonds. The maximum absolute atomic E-state index is 12.5. The van der Waals surface area contributed by atoms with Crippen molar-refractivity contribution in [2.24, 2.45) is 5.73 Å². The Hall–Kier alpha value is -1.07. The van der Waals surface area contributed by atoms with Gasteiger partial charge in [-0.1, -0.05) is 24.3 Å². The molecule has 0 saturated heterocycles. The summed E-state index contributed by atoms with van der Waals surface area (Å²) in [5, 5.41) is 0. The van der Waals surface area contributed by atoms with Crippen molar-refractivity contribution >= 4 is 0 Å². The second-order valence-electron chi connectivity index (χ2n) is 4.59. The molecule has 1 rings (SSSR count). The Bertz CT molecular complexity index is 375. The second-order valence-corrected chi connectivity index (χ2v) is 4.59. The zero-order valence-electron chi connectivity index (χ0n) is 10.7. The molecular weight excluding hydrogens is 241 g/mol. The van der Waals surface area contributed by atoms with Crippen molar-refractivity contribution in [2.75, 3.05) is 6.54 Å². The minimum atomic E-state index is -4.18. The van der Waals surface area contributed by atoms with Gasteiger partial charge in [0.15, 0.2) is 0 Å². The lowest BCUT2D eigenvalue weighted by Crippen LogP contribution is -2.38. The fourth-order valence-corrected chi connectivity index (χ4v) is 1.78. The van der Waals surface area contributed by atoms with Crippen LogP contribution in [0.2, 0.25) is 0 Å². The van der Waals surface area contributed by atoms with Crippen LogP contribution in [0.25, 0.3) is 0 Å². The number of nitrogens with two attached hydrogens (primary N) is 1. The van der Waals surface area contributed by atoms with E-state index in [1.54, 1.807) is 13.8 Å². The SMILES string of the molecule is CC(C)N(Cc1ccccc1CN)CC(F)(F)F. The number of hydrogen-bond donors (Lipinski definition) is 1. The van der Waals surface area contributed by atoms with Gasteiger partial charge in [-0.2, -0.15) is 13.2 Å². The van der Waals surface area contributed by atoms with Crippen LogP contribution < -0.4 is 5.73 Å². The van der Waals surface area contributed by atoms with E-state index < -0.39 is 12.7 Å². The quantitative estimate of drug-likeness (QED) is 0.882. The Morgan fingerprint density at radius 1 is 1.17 bits per heavy atom. The van der Waals surface area contributed by atoms with Gasteiger partial charge in [0.05, 0.1) is 6.54 Å². The number of benzene rings is 1. The van der Waals surface area contributed by atoms with Crippen LogP contribution in [0.5, 0.6) is 0 Å². The lowest BCUT2D eigenvalue weighted by atomic mass is 10.1. The molecule has 2 N–H and O–H groups in total. The van der Waals surface area contributed by atoms with E-state index in [0.29, 0.717) is 6.54 Å². The zero-order valence-corrected chi connectivity index (χ0v) is 10.7. The Balaban J connectivity index is 2.83. The molecule has 0 aliphatic rings. The van der Waals surface area contributed by atoms with E-state index in [9.17, 15) is 13.2 Å². The van der Waals surface area contributed by atoms with E-state index in [1.807, 2.05) is 24.3 Å². The molecular formula is C13H19F3N2. The third-order valence-electron chi connectivity index (χ3n) is 2.82. The van der Waals surface area contributed by atoms with Crippen LogP contribution in [0.3, 0.4) is 0 Å². The van der Waals surface area contributed by atoms with Crippen LogP contribution >= 0.6 is 0 Å². The summed E-state index contributed by atoms with van der Waals surface area (Å²) >= 11 is 0. The monoisotopic (exact) mass is 260 g/mol. The predicted molar refractivity (Wildman–Crippen MR) is 65.9 cm³/mol. The van der Waals surface area contributed by atoms with Crippen molar-refractivity contribution in [1.82, 2.24) is 4.90 Å². The molecule has 0 fully saturated rings. The van der Waals surface area contributed by atoms with Crippen molar-refractivity contribution in [2.45, 2.75) is 39.2 Å². The summed E-state index contributed by atoms with van der Waals surface area (Å²) in [4.78, 5) is 1.40. The Labute approximate surface area is 106 Å². The molecule has 5 heteroatoms. The first kappa shape index (κ1) is 15.0. The van der Waals surface area contributed by atoms with Crippen LogP contribution in [0.4, 0.5) is 13.2 Å². The molecule has 0 heterocycles. The first-order chi connectivity index (χ1) is 8.33. The fraction of sp³-hybridized carbons (Fsp3) is 0.538. The van der Waals surface area contributed by atoms with Gasteiger partial charge in [0, 0.05) is 19.1 Å². The molecule has 0 bridgehead atoms. The lowest BCUT2D eigenvalue weighted by Gasteiger charge is -2.28. The van der Waals surface area contributed by atoms with Gasteiger partial charge >= 0.3 is 6.18 Å². The molecule has 0 radical (unpaired) electrons. The lowest BCUT2D eigenvalue weighted by molar-refractivity contribution is -0.150. The summed E-state index contributed by atoms with van der Waals surface area (Å²) < 4.78 is 37.5. The topological polar surface area (TPSA) is 29.3 Å². The van der Waals surface area contributed by atoms with Crippen LogP contribution in [0.15, 0.2) is 24.3 Å². The number of halogens is 3. The van der Waals surface area contributed by atoms with Crippen molar-refractivity contribution < 1.29 is 13.2 Å². The zero-order chi connectivity index (χ0) is 13.8. The molecule has 0 aliphatic carbocycles. The van der Waals surface area contributed by atoms with E-state index in [0.717, 1.165) is 11.1 Å². The maximum Gasteiger partial charge on any atom is 0.401 e.